The number of ether oxygens (including phenoxy) is 1. The van der Waals surface area contributed by atoms with Gasteiger partial charge in [0.1, 0.15) is 5.75 Å². The first kappa shape index (κ1) is 16.8. The second-order valence-electron chi connectivity index (χ2n) is 6.87. The highest BCUT2D eigenvalue weighted by Crippen LogP contribution is 2.42. The molecule has 0 atom stereocenters. The maximum Gasteiger partial charge on any atom is 0.119 e. The molecule has 1 aromatic rings. The van der Waals surface area contributed by atoms with E-state index in [1.807, 2.05) is 6.07 Å². The van der Waals surface area contributed by atoms with E-state index in [9.17, 15) is 0 Å². The molecule has 0 unspecified atom stereocenters. The zero-order chi connectivity index (χ0) is 15.3. The zero-order valence-electron chi connectivity index (χ0n) is 13.5. The van der Waals surface area contributed by atoms with E-state index in [-0.39, 0.29) is 0 Å². The average molecular weight is 354 g/mol. The molecule has 3 heteroatoms. The van der Waals surface area contributed by atoms with E-state index < -0.39 is 0 Å². The van der Waals surface area contributed by atoms with Crippen LogP contribution in [0.15, 0.2) is 22.7 Å². The molecule has 1 aliphatic carbocycles. The topological polar surface area (TPSA) is 21.3 Å². The Morgan fingerprint density at radius 1 is 1.29 bits per heavy atom. The van der Waals surface area contributed by atoms with Gasteiger partial charge in [-0.25, -0.2) is 0 Å². The first-order valence-corrected chi connectivity index (χ1v) is 8.87. The molecular formula is C18H28BrNO. The van der Waals surface area contributed by atoms with Gasteiger partial charge in [0.05, 0.1) is 7.11 Å². The fourth-order valence-corrected chi connectivity index (χ4v) is 3.77. The Balaban J connectivity index is 2.08. The van der Waals surface area contributed by atoms with Crippen molar-refractivity contribution in [1.82, 2.24) is 5.32 Å². The molecule has 2 nitrogen and oxygen atoms in total. The molecule has 118 valence electrons. The minimum absolute atomic E-state index is 0.420. The lowest BCUT2D eigenvalue weighted by atomic mass is 9.79. The molecule has 0 amide bonds. The first-order chi connectivity index (χ1) is 10.0. The van der Waals surface area contributed by atoms with Gasteiger partial charge in [-0.15, -0.1) is 0 Å². The van der Waals surface area contributed by atoms with Gasteiger partial charge < -0.3 is 10.1 Å². The quantitative estimate of drug-likeness (QED) is 0.759. The number of hydrogen-bond acceptors (Lipinski definition) is 2. The van der Waals surface area contributed by atoms with E-state index in [2.05, 4.69) is 47.2 Å². The fourth-order valence-electron chi connectivity index (χ4n) is 3.38. The van der Waals surface area contributed by atoms with Gasteiger partial charge in [-0.3, -0.25) is 0 Å². The van der Waals surface area contributed by atoms with Crippen molar-refractivity contribution in [3.63, 3.8) is 0 Å². The van der Waals surface area contributed by atoms with Gasteiger partial charge in [0, 0.05) is 11.0 Å². The molecule has 0 heterocycles. The van der Waals surface area contributed by atoms with Crippen LogP contribution < -0.4 is 10.1 Å². The van der Waals surface area contributed by atoms with Gasteiger partial charge in [0.15, 0.2) is 0 Å². The van der Waals surface area contributed by atoms with E-state index in [1.165, 1.54) is 35.7 Å². The maximum atomic E-state index is 5.38. The predicted molar refractivity (Wildman–Crippen MR) is 93.0 cm³/mol. The van der Waals surface area contributed by atoms with Crippen LogP contribution in [0.1, 0.15) is 45.1 Å². The smallest absolute Gasteiger partial charge is 0.119 e. The van der Waals surface area contributed by atoms with Gasteiger partial charge in [-0.05, 0) is 60.9 Å². The minimum Gasteiger partial charge on any atom is -0.497 e. The lowest BCUT2D eigenvalue weighted by molar-refractivity contribution is 0.272. The second-order valence-corrected chi connectivity index (χ2v) is 7.72. The summed E-state index contributed by atoms with van der Waals surface area (Å²) in [7, 11) is 1.74. The number of benzene rings is 1. The Hall–Kier alpha value is -0.540. The largest absolute Gasteiger partial charge is 0.497 e. The molecular weight excluding hydrogens is 326 g/mol. The van der Waals surface area contributed by atoms with Crippen molar-refractivity contribution < 1.29 is 4.74 Å². The number of hydrogen-bond donors (Lipinski definition) is 1. The van der Waals surface area contributed by atoms with Crippen LogP contribution in [0.3, 0.4) is 0 Å². The second kappa shape index (κ2) is 7.64. The average Bonchev–Trinajstić information content (AvgIpc) is 2.89. The van der Waals surface area contributed by atoms with Crippen LogP contribution in [-0.4, -0.2) is 20.2 Å². The molecule has 0 spiro atoms. The summed E-state index contributed by atoms with van der Waals surface area (Å²) in [4.78, 5) is 0. The van der Waals surface area contributed by atoms with E-state index in [0.717, 1.165) is 25.3 Å². The number of rotatable bonds is 7. The van der Waals surface area contributed by atoms with Crippen molar-refractivity contribution in [3.8, 4) is 5.75 Å². The highest BCUT2D eigenvalue weighted by molar-refractivity contribution is 9.10. The first-order valence-electron chi connectivity index (χ1n) is 8.08. The highest BCUT2D eigenvalue weighted by Gasteiger charge is 2.34. The summed E-state index contributed by atoms with van der Waals surface area (Å²) < 4.78 is 6.59. The molecule has 0 bridgehead atoms. The third kappa shape index (κ3) is 4.72. The van der Waals surface area contributed by atoms with Crippen molar-refractivity contribution in [3.05, 3.63) is 28.2 Å². The Morgan fingerprint density at radius 2 is 2.00 bits per heavy atom. The van der Waals surface area contributed by atoms with Crippen molar-refractivity contribution in [1.29, 1.82) is 0 Å². The predicted octanol–water partition coefficient (Wildman–Crippen LogP) is 4.81. The van der Waals surface area contributed by atoms with Crippen LogP contribution in [0.4, 0.5) is 0 Å². The van der Waals surface area contributed by atoms with Crippen molar-refractivity contribution >= 4 is 15.9 Å². The van der Waals surface area contributed by atoms with Crippen molar-refractivity contribution in [2.45, 2.75) is 46.0 Å². The Morgan fingerprint density at radius 3 is 2.62 bits per heavy atom. The summed E-state index contributed by atoms with van der Waals surface area (Å²) in [6.07, 6.45) is 6.54. The molecule has 0 radical (unpaired) electrons. The van der Waals surface area contributed by atoms with Gasteiger partial charge in [0.25, 0.3) is 0 Å². The molecule has 0 aromatic heterocycles. The van der Waals surface area contributed by atoms with Crippen LogP contribution in [-0.2, 0) is 6.42 Å². The molecule has 21 heavy (non-hydrogen) atoms. The van der Waals surface area contributed by atoms with Crippen molar-refractivity contribution in [2.75, 3.05) is 20.2 Å². The lowest BCUT2D eigenvalue weighted by Crippen LogP contribution is -2.35. The van der Waals surface area contributed by atoms with E-state index in [1.54, 1.807) is 7.11 Å². The zero-order valence-corrected chi connectivity index (χ0v) is 15.1. The van der Waals surface area contributed by atoms with Gasteiger partial charge in [-0.1, -0.05) is 42.6 Å². The monoisotopic (exact) mass is 353 g/mol. The van der Waals surface area contributed by atoms with Gasteiger partial charge in [0.2, 0.25) is 0 Å². The van der Waals surface area contributed by atoms with E-state index in [4.69, 9.17) is 4.74 Å². The molecule has 0 saturated heterocycles. The Bertz CT molecular complexity index is 453. The Labute approximate surface area is 137 Å². The number of halogens is 1. The molecule has 1 aromatic carbocycles. The highest BCUT2D eigenvalue weighted by atomic mass is 79.9. The van der Waals surface area contributed by atoms with Crippen LogP contribution in [0.5, 0.6) is 5.75 Å². The maximum absolute atomic E-state index is 5.38. The molecule has 1 saturated carbocycles. The molecule has 1 aliphatic rings. The third-order valence-corrected chi connectivity index (χ3v) is 5.31. The Kier molecular flexibility index (Phi) is 6.12. The fraction of sp³-hybridized carbons (Fsp3) is 0.667. The number of nitrogens with one attached hydrogen (secondary N) is 1. The lowest BCUT2D eigenvalue weighted by Gasteiger charge is -2.30. The normalized spacial score (nSPS) is 17.4. The standard InChI is InChI=1S/C18H28BrNO/c1-14(2)12-20-13-18(8-4-5-9-18)11-15-10-16(21-3)6-7-17(15)19/h6-7,10,14,20H,4-5,8-9,11-13H2,1-3H3. The van der Waals surface area contributed by atoms with Crippen LogP contribution in [0.25, 0.3) is 0 Å². The molecule has 2 rings (SSSR count). The molecule has 0 aliphatic heterocycles. The summed E-state index contributed by atoms with van der Waals surface area (Å²) in [5, 5.41) is 3.69. The van der Waals surface area contributed by atoms with E-state index in [0.29, 0.717) is 11.3 Å². The molecule has 1 N–H and O–H groups in total. The third-order valence-electron chi connectivity index (χ3n) is 4.54. The summed E-state index contributed by atoms with van der Waals surface area (Å²) in [5.74, 6) is 1.67. The minimum atomic E-state index is 0.420. The van der Waals surface area contributed by atoms with Gasteiger partial charge >= 0.3 is 0 Å². The van der Waals surface area contributed by atoms with Crippen LogP contribution in [0, 0.1) is 11.3 Å². The summed E-state index contributed by atoms with van der Waals surface area (Å²) in [5.41, 5.74) is 1.80. The SMILES string of the molecule is COc1ccc(Br)c(CC2(CNCC(C)C)CCCC2)c1. The van der Waals surface area contributed by atoms with Crippen LogP contribution in [0.2, 0.25) is 0 Å². The molecule has 1 fully saturated rings. The summed E-state index contributed by atoms with van der Waals surface area (Å²) >= 11 is 3.71. The number of methoxy groups -OCH3 is 1. The summed E-state index contributed by atoms with van der Waals surface area (Å²) in [6, 6.07) is 6.32. The van der Waals surface area contributed by atoms with Crippen LogP contribution >= 0.6 is 15.9 Å². The van der Waals surface area contributed by atoms with Gasteiger partial charge in [-0.2, -0.15) is 0 Å². The van der Waals surface area contributed by atoms with Crippen molar-refractivity contribution in [2.24, 2.45) is 11.3 Å². The summed E-state index contributed by atoms with van der Waals surface area (Å²) in [6.45, 7) is 6.79. The van der Waals surface area contributed by atoms with E-state index >= 15 is 0 Å².